The molecule has 3 nitrogen and oxygen atoms in total. The second-order valence-corrected chi connectivity index (χ2v) is 5.63. The molecule has 0 spiro atoms. The third kappa shape index (κ3) is 3.08. The van der Waals surface area contributed by atoms with E-state index in [2.05, 4.69) is 45.0 Å². The van der Waals surface area contributed by atoms with Crippen molar-refractivity contribution in [2.24, 2.45) is 18.4 Å². The van der Waals surface area contributed by atoms with Crippen LogP contribution in [0.5, 0.6) is 0 Å². The van der Waals surface area contributed by atoms with Gasteiger partial charge in [0.05, 0.1) is 6.20 Å². The number of aromatic nitrogens is 2. The van der Waals surface area contributed by atoms with Crippen LogP contribution in [0.3, 0.4) is 0 Å². The van der Waals surface area contributed by atoms with Crippen LogP contribution in [-0.4, -0.2) is 16.3 Å². The van der Waals surface area contributed by atoms with Gasteiger partial charge in [-0.2, -0.15) is 5.10 Å². The smallest absolute Gasteiger partial charge is 0.0537 e. The molecule has 0 aliphatic carbocycles. The van der Waals surface area contributed by atoms with Gasteiger partial charge in [-0.05, 0) is 18.3 Å². The zero-order valence-electron chi connectivity index (χ0n) is 11.5. The molecule has 0 saturated carbocycles. The maximum absolute atomic E-state index is 4.24. The summed E-state index contributed by atoms with van der Waals surface area (Å²) in [5.74, 6) is 0.690. The van der Waals surface area contributed by atoms with Crippen molar-refractivity contribution in [3.8, 4) is 0 Å². The highest BCUT2D eigenvalue weighted by molar-refractivity contribution is 5.15. The van der Waals surface area contributed by atoms with E-state index in [1.807, 2.05) is 17.9 Å². The minimum atomic E-state index is 0.343. The van der Waals surface area contributed by atoms with Crippen molar-refractivity contribution in [3.63, 3.8) is 0 Å². The lowest BCUT2D eigenvalue weighted by Gasteiger charge is -2.29. The van der Waals surface area contributed by atoms with E-state index in [0.29, 0.717) is 11.3 Å². The van der Waals surface area contributed by atoms with Crippen LogP contribution >= 0.6 is 0 Å². The van der Waals surface area contributed by atoms with Gasteiger partial charge in [0.1, 0.15) is 0 Å². The lowest BCUT2D eigenvalue weighted by atomic mass is 9.81. The van der Waals surface area contributed by atoms with Crippen molar-refractivity contribution in [3.05, 3.63) is 17.5 Å². The maximum Gasteiger partial charge on any atom is 0.0537 e. The van der Waals surface area contributed by atoms with Crippen molar-refractivity contribution in [1.82, 2.24) is 15.1 Å². The van der Waals surface area contributed by atoms with E-state index in [9.17, 15) is 0 Å². The molecule has 0 aliphatic heterocycles. The van der Waals surface area contributed by atoms with Gasteiger partial charge >= 0.3 is 0 Å². The van der Waals surface area contributed by atoms with Crippen molar-refractivity contribution < 1.29 is 0 Å². The fraction of sp³-hybridized carbons (Fsp3) is 0.769. The highest BCUT2D eigenvalue weighted by Crippen LogP contribution is 2.24. The van der Waals surface area contributed by atoms with Crippen LogP contribution in [0.25, 0.3) is 0 Å². The first-order valence-corrected chi connectivity index (χ1v) is 6.03. The van der Waals surface area contributed by atoms with Gasteiger partial charge in [-0.25, -0.2) is 0 Å². The Morgan fingerprint density at radius 3 is 2.50 bits per heavy atom. The van der Waals surface area contributed by atoms with Gasteiger partial charge in [0.15, 0.2) is 0 Å². The van der Waals surface area contributed by atoms with Gasteiger partial charge in [0.2, 0.25) is 0 Å². The molecule has 0 fully saturated rings. The van der Waals surface area contributed by atoms with Crippen molar-refractivity contribution in [2.75, 3.05) is 6.54 Å². The summed E-state index contributed by atoms with van der Waals surface area (Å²) in [4.78, 5) is 0. The fourth-order valence-corrected chi connectivity index (χ4v) is 1.44. The standard InChI is InChI=1S/C13H25N3/c1-10(2)13(4,5)9-14-7-12-8-15-16(6)11(12)3/h8,10,14H,7,9H2,1-6H3. The van der Waals surface area contributed by atoms with Gasteiger partial charge in [0.25, 0.3) is 0 Å². The summed E-state index contributed by atoms with van der Waals surface area (Å²) in [6.45, 7) is 13.2. The normalized spacial score (nSPS) is 12.4. The average Bonchev–Trinajstić information content (AvgIpc) is 2.49. The number of hydrogen-bond acceptors (Lipinski definition) is 2. The van der Waals surface area contributed by atoms with E-state index < -0.39 is 0 Å². The van der Waals surface area contributed by atoms with Crippen molar-refractivity contribution in [2.45, 2.75) is 41.2 Å². The molecule has 1 rings (SSSR count). The Morgan fingerprint density at radius 1 is 1.44 bits per heavy atom. The van der Waals surface area contributed by atoms with Crippen molar-refractivity contribution >= 4 is 0 Å². The van der Waals surface area contributed by atoms with Gasteiger partial charge in [0, 0.05) is 31.4 Å². The highest BCUT2D eigenvalue weighted by Gasteiger charge is 2.21. The Balaban J connectivity index is 2.45. The molecule has 1 heterocycles. The first kappa shape index (κ1) is 13.2. The third-order valence-electron chi connectivity index (χ3n) is 3.80. The average molecular weight is 223 g/mol. The van der Waals surface area contributed by atoms with Crippen LogP contribution in [0.2, 0.25) is 0 Å². The van der Waals surface area contributed by atoms with E-state index in [1.165, 1.54) is 11.3 Å². The highest BCUT2D eigenvalue weighted by atomic mass is 15.3. The number of nitrogens with zero attached hydrogens (tertiary/aromatic N) is 2. The summed E-state index contributed by atoms with van der Waals surface area (Å²) in [7, 11) is 1.98. The molecule has 16 heavy (non-hydrogen) atoms. The largest absolute Gasteiger partial charge is 0.312 e. The van der Waals surface area contributed by atoms with E-state index >= 15 is 0 Å². The minimum Gasteiger partial charge on any atom is -0.312 e. The van der Waals surface area contributed by atoms with Crippen LogP contribution in [0.4, 0.5) is 0 Å². The number of aryl methyl sites for hydroxylation is 1. The van der Waals surface area contributed by atoms with Crippen molar-refractivity contribution in [1.29, 1.82) is 0 Å². The number of hydrogen-bond donors (Lipinski definition) is 1. The molecule has 92 valence electrons. The Bertz CT molecular complexity index is 337. The monoisotopic (exact) mass is 223 g/mol. The first-order valence-electron chi connectivity index (χ1n) is 6.03. The molecule has 1 aromatic rings. The number of rotatable bonds is 5. The summed E-state index contributed by atoms with van der Waals surface area (Å²) in [6.07, 6.45) is 1.95. The summed E-state index contributed by atoms with van der Waals surface area (Å²) in [5, 5.41) is 7.77. The van der Waals surface area contributed by atoms with Crippen LogP contribution in [-0.2, 0) is 13.6 Å². The topological polar surface area (TPSA) is 29.9 Å². The Labute approximate surface area is 99.2 Å². The molecule has 0 saturated heterocycles. The summed E-state index contributed by atoms with van der Waals surface area (Å²) >= 11 is 0. The van der Waals surface area contributed by atoms with E-state index in [-0.39, 0.29) is 0 Å². The molecule has 0 amide bonds. The lowest BCUT2D eigenvalue weighted by Crippen LogP contribution is -2.33. The molecule has 0 unspecified atom stereocenters. The molecular formula is C13H25N3. The summed E-state index contributed by atoms with van der Waals surface area (Å²) < 4.78 is 1.92. The summed E-state index contributed by atoms with van der Waals surface area (Å²) in [6, 6.07) is 0. The van der Waals surface area contributed by atoms with Crippen LogP contribution in [0.1, 0.15) is 39.0 Å². The maximum atomic E-state index is 4.24. The fourth-order valence-electron chi connectivity index (χ4n) is 1.44. The SMILES string of the molecule is Cc1c(CNCC(C)(C)C(C)C)cnn1C. The van der Waals surface area contributed by atoms with Crippen LogP contribution < -0.4 is 5.32 Å². The molecule has 0 atom stereocenters. The van der Waals surface area contributed by atoms with Gasteiger partial charge in [-0.15, -0.1) is 0 Å². The molecule has 3 heteroatoms. The molecule has 1 aromatic heterocycles. The molecule has 0 aromatic carbocycles. The Hall–Kier alpha value is -0.830. The van der Waals surface area contributed by atoms with Gasteiger partial charge < -0.3 is 5.32 Å². The minimum absolute atomic E-state index is 0.343. The predicted octanol–water partition coefficient (Wildman–Crippen LogP) is 2.50. The molecule has 0 bridgehead atoms. The van der Waals surface area contributed by atoms with Crippen LogP contribution in [0, 0.1) is 18.3 Å². The molecule has 1 N–H and O–H groups in total. The van der Waals surface area contributed by atoms with Gasteiger partial charge in [-0.3, -0.25) is 4.68 Å². The molecule has 0 radical (unpaired) electrons. The Morgan fingerprint density at radius 2 is 2.06 bits per heavy atom. The molecule has 0 aliphatic rings. The van der Waals surface area contributed by atoms with E-state index in [0.717, 1.165) is 13.1 Å². The predicted molar refractivity (Wildman–Crippen MR) is 68.3 cm³/mol. The van der Waals surface area contributed by atoms with Crippen LogP contribution in [0.15, 0.2) is 6.20 Å². The first-order chi connectivity index (χ1) is 7.34. The van der Waals surface area contributed by atoms with E-state index in [4.69, 9.17) is 0 Å². The zero-order valence-corrected chi connectivity index (χ0v) is 11.5. The lowest BCUT2D eigenvalue weighted by molar-refractivity contribution is 0.238. The van der Waals surface area contributed by atoms with E-state index in [1.54, 1.807) is 0 Å². The number of nitrogens with one attached hydrogen (secondary N) is 1. The molecular weight excluding hydrogens is 198 g/mol. The Kier molecular flexibility index (Phi) is 4.14. The third-order valence-corrected chi connectivity index (χ3v) is 3.80. The quantitative estimate of drug-likeness (QED) is 0.831. The zero-order chi connectivity index (χ0) is 12.3. The summed E-state index contributed by atoms with van der Waals surface area (Å²) in [5.41, 5.74) is 2.88. The van der Waals surface area contributed by atoms with Gasteiger partial charge in [-0.1, -0.05) is 27.7 Å². The second-order valence-electron chi connectivity index (χ2n) is 5.63. The second kappa shape index (κ2) is 5.00.